The van der Waals surface area contributed by atoms with Crippen molar-refractivity contribution in [1.29, 1.82) is 0 Å². The summed E-state index contributed by atoms with van der Waals surface area (Å²) in [6.45, 7) is 4.44. The van der Waals surface area contributed by atoms with E-state index in [4.69, 9.17) is 5.73 Å². The quantitative estimate of drug-likeness (QED) is 0.830. The molecule has 1 aromatic rings. The summed E-state index contributed by atoms with van der Waals surface area (Å²) in [6, 6.07) is 5.37. The number of para-hydroxylation sites is 1. The van der Waals surface area contributed by atoms with E-state index in [2.05, 4.69) is 0 Å². The zero-order chi connectivity index (χ0) is 15.3. The number of rotatable bonds is 5. The van der Waals surface area contributed by atoms with Crippen LogP contribution in [-0.2, 0) is 4.79 Å². The summed E-state index contributed by atoms with van der Waals surface area (Å²) in [4.78, 5) is 27.4. The third kappa shape index (κ3) is 3.73. The van der Waals surface area contributed by atoms with E-state index >= 15 is 0 Å². The van der Waals surface area contributed by atoms with Gasteiger partial charge in [0, 0.05) is 26.3 Å². The zero-order valence-corrected chi connectivity index (χ0v) is 12.6. The van der Waals surface area contributed by atoms with Gasteiger partial charge in [0.15, 0.2) is 0 Å². The van der Waals surface area contributed by atoms with Crippen molar-refractivity contribution in [2.45, 2.75) is 20.3 Å². The summed E-state index contributed by atoms with van der Waals surface area (Å²) in [5.74, 6) is -0.290. The van der Waals surface area contributed by atoms with Gasteiger partial charge in [0.1, 0.15) is 6.54 Å². The number of amides is 2. The number of nitrogens with zero attached hydrogens (tertiary/aromatic N) is 2. The highest BCUT2D eigenvalue weighted by Crippen LogP contribution is 2.18. The van der Waals surface area contributed by atoms with Gasteiger partial charge in [0.25, 0.3) is 5.91 Å². The minimum absolute atomic E-state index is 0.0764. The van der Waals surface area contributed by atoms with Gasteiger partial charge in [-0.05, 0) is 25.0 Å². The normalized spacial score (nSPS) is 10.2. The van der Waals surface area contributed by atoms with Crippen LogP contribution in [0, 0.1) is 6.92 Å². The molecule has 2 N–H and O–H groups in total. The number of carbonyl (C=O) groups excluding carboxylic acids is 2. The molecule has 0 heterocycles. The molecule has 0 aliphatic rings. The third-order valence-electron chi connectivity index (χ3n) is 3.16. The molecule has 0 saturated carbocycles. The maximum absolute atomic E-state index is 12.5. The maximum Gasteiger partial charge on any atom is 0.256 e. The Balaban J connectivity index is 2.99. The van der Waals surface area contributed by atoms with Crippen LogP contribution >= 0.6 is 0 Å². The molecule has 1 rings (SSSR count). The Labute approximate surface area is 120 Å². The summed E-state index contributed by atoms with van der Waals surface area (Å²) < 4.78 is 0. The van der Waals surface area contributed by atoms with Crippen molar-refractivity contribution in [3.63, 3.8) is 0 Å². The average molecular weight is 277 g/mol. The minimum Gasteiger partial charge on any atom is -0.398 e. The summed E-state index contributed by atoms with van der Waals surface area (Å²) >= 11 is 0. The van der Waals surface area contributed by atoms with E-state index in [0.29, 0.717) is 17.8 Å². The molecule has 0 saturated heterocycles. The Morgan fingerprint density at radius 2 is 1.90 bits per heavy atom. The molecule has 0 bridgehead atoms. The Morgan fingerprint density at radius 3 is 2.45 bits per heavy atom. The fourth-order valence-electron chi connectivity index (χ4n) is 1.86. The van der Waals surface area contributed by atoms with Crippen LogP contribution in [0.25, 0.3) is 0 Å². The van der Waals surface area contributed by atoms with Crippen LogP contribution in [0.3, 0.4) is 0 Å². The number of nitrogen functional groups attached to an aromatic ring is 1. The van der Waals surface area contributed by atoms with Crippen molar-refractivity contribution >= 4 is 17.5 Å². The van der Waals surface area contributed by atoms with E-state index in [0.717, 1.165) is 12.0 Å². The van der Waals surface area contributed by atoms with Gasteiger partial charge in [0.2, 0.25) is 5.91 Å². The lowest BCUT2D eigenvalue weighted by atomic mass is 10.1. The molecule has 110 valence electrons. The van der Waals surface area contributed by atoms with Gasteiger partial charge < -0.3 is 15.5 Å². The molecule has 0 unspecified atom stereocenters. The molecule has 1 aromatic carbocycles. The second-order valence-corrected chi connectivity index (χ2v) is 5.05. The molecule has 0 aromatic heterocycles. The standard InChI is InChI=1S/C15H23N3O2/c1-5-9-18(10-13(19)17(3)4)15(20)12-8-6-7-11(2)14(12)16/h6-8H,5,9-10,16H2,1-4H3. The van der Waals surface area contributed by atoms with E-state index in [-0.39, 0.29) is 18.4 Å². The lowest BCUT2D eigenvalue weighted by Crippen LogP contribution is -2.41. The van der Waals surface area contributed by atoms with Gasteiger partial charge >= 0.3 is 0 Å². The molecule has 20 heavy (non-hydrogen) atoms. The van der Waals surface area contributed by atoms with Crippen LogP contribution in [-0.4, -0.2) is 48.8 Å². The van der Waals surface area contributed by atoms with Gasteiger partial charge in [-0.25, -0.2) is 0 Å². The molecule has 0 aliphatic heterocycles. The Hall–Kier alpha value is -2.04. The monoisotopic (exact) mass is 277 g/mol. The highest BCUT2D eigenvalue weighted by molar-refractivity contribution is 6.01. The van der Waals surface area contributed by atoms with E-state index in [9.17, 15) is 9.59 Å². The number of hydrogen-bond acceptors (Lipinski definition) is 3. The van der Waals surface area contributed by atoms with Gasteiger partial charge in [-0.15, -0.1) is 0 Å². The van der Waals surface area contributed by atoms with Crippen LogP contribution in [0.15, 0.2) is 18.2 Å². The van der Waals surface area contributed by atoms with Crippen LogP contribution in [0.4, 0.5) is 5.69 Å². The smallest absolute Gasteiger partial charge is 0.256 e. The number of nitrogens with two attached hydrogens (primary N) is 1. The summed E-state index contributed by atoms with van der Waals surface area (Å²) in [5, 5.41) is 0. The van der Waals surface area contributed by atoms with Crippen molar-refractivity contribution in [3.8, 4) is 0 Å². The fourth-order valence-corrected chi connectivity index (χ4v) is 1.86. The number of aryl methyl sites for hydroxylation is 1. The molecule has 0 radical (unpaired) electrons. The first-order valence-electron chi connectivity index (χ1n) is 6.73. The molecule has 5 heteroatoms. The number of anilines is 1. The second kappa shape index (κ2) is 6.93. The molecule has 0 aliphatic carbocycles. The predicted octanol–water partition coefficient (Wildman–Crippen LogP) is 1.52. The first-order chi connectivity index (χ1) is 9.38. The average Bonchev–Trinajstić information content (AvgIpc) is 2.40. The highest BCUT2D eigenvalue weighted by Gasteiger charge is 2.21. The molecule has 0 fully saturated rings. The maximum atomic E-state index is 12.5. The van der Waals surface area contributed by atoms with Crippen molar-refractivity contribution in [2.24, 2.45) is 0 Å². The number of likely N-dealkylation sites (N-methyl/N-ethyl adjacent to an activating group) is 1. The fraction of sp³-hybridized carbons (Fsp3) is 0.467. The topological polar surface area (TPSA) is 66.6 Å². The van der Waals surface area contributed by atoms with E-state index in [1.165, 1.54) is 4.90 Å². The number of carbonyl (C=O) groups is 2. The SMILES string of the molecule is CCCN(CC(=O)N(C)C)C(=O)c1cccc(C)c1N. The van der Waals surface area contributed by atoms with Crippen LogP contribution < -0.4 is 5.73 Å². The van der Waals surface area contributed by atoms with Crippen molar-refractivity contribution in [2.75, 3.05) is 32.9 Å². The molecule has 0 spiro atoms. The van der Waals surface area contributed by atoms with E-state index in [1.54, 1.807) is 31.1 Å². The van der Waals surface area contributed by atoms with Gasteiger partial charge in [-0.2, -0.15) is 0 Å². The molecule has 5 nitrogen and oxygen atoms in total. The first kappa shape index (κ1) is 16.0. The largest absolute Gasteiger partial charge is 0.398 e. The summed E-state index contributed by atoms with van der Waals surface area (Å²) in [5.41, 5.74) is 7.78. The molecule has 2 amide bonds. The zero-order valence-electron chi connectivity index (χ0n) is 12.6. The third-order valence-corrected chi connectivity index (χ3v) is 3.16. The molecular formula is C15H23N3O2. The van der Waals surface area contributed by atoms with Crippen LogP contribution in [0.1, 0.15) is 29.3 Å². The van der Waals surface area contributed by atoms with Crippen LogP contribution in [0.2, 0.25) is 0 Å². The van der Waals surface area contributed by atoms with Gasteiger partial charge in [0.05, 0.1) is 5.56 Å². The lowest BCUT2D eigenvalue weighted by Gasteiger charge is -2.24. The Bertz CT molecular complexity index is 498. The van der Waals surface area contributed by atoms with Crippen molar-refractivity contribution < 1.29 is 9.59 Å². The molecule has 0 atom stereocenters. The number of benzene rings is 1. The Kier molecular flexibility index (Phi) is 5.55. The number of hydrogen-bond donors (Lipinski definition) is 1. The van der Waals surface area contributed by atoms with Crippen molar-refractivity contribution in [3.05, 3.63) is 29.3 Å². The van der Waals surface area contributed by atoms with E-state index in [1.807, 2.05) is 19.9 Å². The van der Waals surface area contributed by atoms with E-state index < -0.39 is 0 Å². The first-order valence-corrected chi connectivity index (χ1v) is 6.73. The minimum atomic E-state index is -0.191. The second-order valence-electron chi connectivity index (χ2n) is 5.05. The van der Waals surface area contributed by atoms with Gasteiger partial charge in [-0.3, -0.25) is 9.59 Å². The Morgan fingerprint density at radius 1 is 1.25 bits per heavy atom. The predicted molar refractivity (Wildman–Crippen MR) is 80.5 cm³/mol. The molecular weight excluding hydrogens is 254 g/mol. The summed E-state index contributed by atoms with van der Waals surface area (Å²) in [7, 11) is 3.36. The van der Waals surface area contributed by atoms with Crippen LogP contribution in [0.5, 0.6) is 0 Å². The van der Waals surface area contributed by atoms with Gasteiger partial charge in [-0.1, -0.05) is 19.1 Å². The van der Waals surface area contributed by atoms with Crippen molar-refractivity contribution in [1.82, 2.24) is 9.80 Å². The lowest BCUT2D eigenvalue weighted by molar-refractivity contribution is -0.129. The highest BCUT2D eigenvalue weighted by atomic mass is 16.2. The summed E-state index contributed by atoms with van der Waals surface area (Å²) in [6.07, 6.45) is 0.790.